The fourth-order valence-electron chi connectivity index (χ4n) is 4.58. The third kappa shape index (κ3) is 3.56. The Morgan fingerprint density at radius 3 is 2.94 bits per heavy atom. The molecule has 1 saturated heterocycles. The second-order valence-electron chi connectivity index (χ2n) is 7.98. The molecule has 3 heterocycles. The van der Waals surface area contributed by atoms with Gasteiger partial charge in [0, 0.05) is 33.6 Å². The van der Waals surface area contributed by atoms with Crippen LogP contribution < -0.4 is 16.3 Å². The first-order valence-corrected chi connectivity index (χ1v) is 11.5. The predicted octanol–water partition coefficient (Wildman–Crippen LogP) is 3.71. The van der Waals surface area contributed by atoms with Crippen molar-refractivity contribution in [3.63, 3.8) is 0 Å². The number of amides is 4. The lowest BCUT2D eigenvalue weighted by molar-refractivity contribution is -0.132. The third-order valence-electron chi connectivity index (χ3n) is 6.02. The molecule has 10 heteroatoms. The number of fused-ring (bicyclic) bond motifs is 3. The van der Waals surface area contributed by atoms with Crippen molar-refractivity contribution in [3.8, 4) is 0 Å². The fourth-order valence-corrected chi connectivity index (χ4v) is 5.58. The van der Waals surface area contributed by atoms with Crippen LogP contribution >= 0.6 is 11.3 Å². The lowest BCUT2D eigenvalue weighted by atomic mass is 9.80. The second kappa shape index (κ2) is 8.04. The van der Waals surface area contributed by atoms with E-state index < -0.39 is 23.3 Å². The molecule has 1 unspecified atom stereocenters. The van der Waals surface area contributed by atoms with Gasteiger partial charge in [0.15, 0.2) is 0 Å². The average Bonchev–Trinajstić information content (AvgIpc) is 3.34. The number of anilines is 1. The van der Waals surface area contributed by atoms with Crippen LogP contribution in [0.4, 0.5) is 15.3 Å². The van der Waals surface area contributed by atoms with Crippen LogP contribution in [0.1, 0.15) is 35.8 Å². The molecule has 3 aromatic rings. The van der Waals surface area contributed by atoms with E-state index in [9.17, 15) is 19.2 Å². The van der Waals surface area contributed by atoms with Crippen molar-refractivity contribution in [2.75, 3.05) is 11.9 Å². The molecule has 1 aliphatic heterocycles. The number of nitrogens with one attached hydrogen (secondary N) is 2. The minimum Gasteiger partial charge on any atom is -0.450 e. The first kappa shape index (κ1) is 21.2. The predicted molar refractivity (Wildman–Crippen MR) is 121 cm³/mol. The average molecular weight is 468 g/mol. The molecule has 1 spiro atoms. The van der Waals surface area contributed by atoms with Crippen molar-refractivity contribution in [1.29, 1.82) is 0 Å². The monoisotopic (exact) mass is 467 g/mol. The summed E-state index contributed by atoms with van der Waals surface area (Å²) in [7, 11) is 0. The third-order valence-corrected chi connectivity index (χ3v) is 7.00. The first-order chi connectivity index (χ1) is 15.9. The molecule has 33 heavy (non-hydrogen) atoms. The van der Waals surface area contributed by atoms with Crippen molar-refractivity contribution in [3.05, 3.63) is 62.1 Å². The summed E-state index contributed by atoms with van der Waals surface area (Å²) in [5.74, 6) is -0.311. The number of ether oxygens (including phenoxy) is 1. The van der Waals surface area contributed by atoms with Gasteiger partial charge in [-0.3, -0.25) is 15.0 Å². The highest BCUT2D eigenvalue weighted by atomic mass is 32.1. The van der Waals surface area contributed by atoms with Crippen LogP contribution in [0.25, 0.3) is 11.0 Å². The summed E-state index contributed by atoms with van der Waals surface area (Å²) >= 11 is 1.59. The summed E-state index contributed by atoms with van der Waals surface area (Å²) in [5, 5.41) is 7.98. The van der Waals surface area contributed by atoms with Crippen LogP contribution in [0.3, 0.4) is 0 Å². The van der Waals surface area contributed by atoms with Crippen LogP contribution in [-0.2, 0) is 28.0 Å². The van der Waals surface area contributed by atoms with Crippen molar-refractivity contribution >= 4 is 46.0 Å². The topological polar surface area (TPSA) is 118 Å². The molecule has 1 atom stereocenters. The highest BCUT2D eigenvalue weighted by molar-refractivity contribution is 7.10. The maximum Gasteiger partial charge on any atom is 0.411 e. The Balaban J connectivity index is 1.47. The van der Waals surface area contributed by atoms with Gasteiger partial charge in [-0.15, -0.1) is 11.3 Å². The van der Waals surface area contributed by atoms with E-state index in [1.165, 1.54) is 12.1 Å². The quantitative estimate of drug-likeness (QED) is 0.446. The van der Waals surface area contributed by atoms with Gasteiger partial charge in [-0.05, 0) is 55.3 Å². The molecule has 4 amide bonds. The Morgan fingerprint density at radius 2 is 2.12 bits per heavy atom. The summed E-state index contributed by atoms with van der Waals surface area (Å²) in [6.07, 6.45) is 1.62. The van der Waals surface area contributed by atoms with Gasteiger partial charge in [-0.25, -0.2) is 14.4 Å². The summed E-state index contributed by atoms with van der Waals surface area (Å²) in [4.78, 5) is 52.6. The van der Waals surface area contributed by atoms with Gasteiger partial charge in [-0.2, -0.15) is 0 Å². The Kier molecular flexibility index (Phi) is 5.16. The number of hydrogen-bond acceptors (Lipinski definition) is 7. The molecule has 2 N–H and O–H groups in total. The highest BCUT2D eigenvalue weighted by Gasteiger charge is 2.54. The van der Waals surface area contributed by atoms with Gasteiger partial charge in [-0.1, -0.05) is 0 Å². The van der Waals surface area contributed by atoms with E-state index in [-0.39, 0.29) is 24.6 Å². The fraction of sp³-hybridized carbons (Fsp3) is 0.304. The van der Waals surface area contributed by atoms with E-state index in [2.05, 4.69) is 10.6 Å². The molecular weight excluding hydrogens is 446 g/mol. The molecule has 5 rings (SSSR count). The number of urea groups is 1. The summed E-state index contributed by atoms with van der Waals surface area (Å²) in [6.45, 7) is 1.84. The molecule has 0 bridgehead atoms. The van der Waals surface area contributed by atoms with Crippen LogP contribution in [0, 0.1) is 0 Å². The minimum absolute atomic E-state index is 0.0708. The lowest BCUT2D eigenvalue weighted by Crippen LogP contribution is -2.46. The van der Waals surface area contributed by atoms with Crippen LogP contribution in [-0.4, -0.2) is 29.5 Å². The SMILES string of the molecule is CCOC(=O)Nc1ccc2c(CN3C(=O)NC4(CCCc5sccc54)C3=O)cc(=O)oc2c1. The number of aryl methyl sites for hydroxylation is 1. The number of carbonyl (C=O) groups excluding carboxylic acids is 3. The zero-order chi connectivity index (χ0) is 23.2. The Morgan fingerprint density at radius 1 is 1.27 bits per heavy atom. The Bertz CT molecular complexity index is 1350. The summed E-state index contributed by atoms with van der Waals surface area (Å²) in [6, 6.07) is 7.51. The van der Waals surface area contributed by atoms with Gasteiger partial charge in [0.25, 0.3) is 5.91 Å². The molecule has 9 nitrogen and oxygen atoms in total. The zero-order valence-electron chi connectivity index (χ0n) is 17.8. The van der Waals surface area contributed by atoms with Gasteiger partial charge < -0.3 is 14.5 Å². The number of nitrogens with zero attached hydrogens (tertiary/aromatic N) is 1. The normalized spacial score (nSPS) is 19.6. The number of carbonyl (C=O) groups is 3. The maximum absolute atomic E-state index is 13.5. The number of hydrogen-bond donors (Lipinski definition) is 2. The summed E-state index contributed by atoms with van der Waals surface area (Å²) < 4.78 is 10.2. The first-order valence-electron chi connectivity index (χ1n) is 10.6. The molecule has 170 valence electrons. The standard InChI is InChI=1S/C23H21N3O6S/c1-2-31-22(30)24-14-5-6-15-13(10-19(27)32-17(15)11-14)12-26-20(28)23(25-21(26)29)8-3-4-18-16(23)7-9-33-18/h5-7,9-11H,2-4,8,12H2,1H3,(H,24,30)(H,25,29). The van der Waals surface area contributed by atoms with Gasteiger partial charge >= 0.3 is 17.7 Å². The van der Waals surface area contributed by atoms with Crippen molar-refractivity contribution in [2.24, 2.45) is 0 Å². The highest BCUT2D eigenvalue weighted by Crippen LogP contribution is 2.42. The molecule has 1 aliphatic carbocycles. The van der Waals surface area contributed by atoms with Crippen molar-refractivity contribution in [2.45, 2.75) is 38.3 Å². The van der Waals surface area contributed by atoms with Gasteiger partial charge in [0.1, 0.15) is 11.1 Å². The molecule has 1 aromatic carbocycles. The molecule has 0 saturated carbocycles. The number of imide groups is 1. The van der Waals surface area contributed by atoms with E-state index in [4.69, 9.17) is 9.15 Å². The van der Waals surface area contributed by atoms with Crippen molar-refractivity contribution < 1.29 is 23.5 Å². The molecule has 0 radical (unpaired) electrons. The van der Waals surface area contributed by atoms with E-state index in [0.717, 1.165) is 28.2 Å². The number of benzene rings is 1. The number of rotatable bonds is 4. The van der Waals surface area contributed by atoms with Crippen LogP contribution in [0.5, 0.6) is 0 Å². The van der Waals surface area contributed by atoms with E-state index in [1.807, 2.05) is 11.4 Å². The van der Waals surface area contributed by atoms with E-state index in [1.54, 1.807) is 30.4 Å². The molecular formula is C23H21N3O6S. The van der Waals surface area contributed by atoms with Crippen LogP contribution in [0.15, 0.2) is 44.9 Å². The maximum atomic E-state index is 13.5. The smallest absolute Gasteiger partial charge is 0.411 e. The number of thiophene rings is 1. The van der Waals surface area contributed by atoms with Gasteiger partial charge in [0.2, 0.25) is 0 Å². The molecule has 1 fully saturated rings. The minimum atomic E-state index is -1.04. The molecule has 2 aromatic heterocycles. The Labute approximate surface area is 192 Å². The Hall–Kier alpha value is -3.66. The van der Waals surface area contributed by atoms with Crippen molar-refractivity contribution in [1.82, 2.24) is 10.2 Å². The van der Waals surface area contributed by atoms with E-state index in [0.29, 0.717) is 23.1 Å². The molecule has 2 aliphatic rings. The second-order valence-corrected chi connectivity index (χ2v) is 8.99. The largest absolute Gasteiger partial charge is 0.450 e. The lowest BCUT2D eigenvalue weighted by Gasteiger charge is -2.31. The van der Waals surface area contributed by atoms with E-state index >= 15 is 0 Å². The van der Waals surface area contributed by atoms with Crippen LogP contribution in [0.2, 0.25) is 0 Å². The summed E-state index contributed by atoms with van der Waals surface area (Å²) in [5.41, 5.74) is 0.299. The zero-order valence-corrected chi connectivity index (χ0v) is 18.6. The van der Waals surface area contributed by atoms with Gasteiger partial charge in [0.05, 0.1) is 13.2 Å².